The minimum Gasteiger partial charge on any atom is -0.481 e. The van der Waals surface area contributed by atoms with Gasteiger partial charge in [-0.25, -0.2) is 12.8 Å². The number of nitrogens with one attached hydrogen (secondary N) is 1. The molecule has 2 rings (SSSR count). The SMILES string of the molecule is CC(Oc1ccc(F)cc1)C(=O)NCCS(=O)(=O)c1ccccc1. The van der Waals surface area contributed by atoms with E-state index in [1.54, 1.807) is 18.2 Å². The van der Waals surface area contributed by atoms with Crippen molar-refractivity contribution < 1.29 is 22.3 Å². The summed E-state index contributed by atoms with van der Waals surface area (Å²) in [7, 11) is -3.44. The molecule has 0 fully saturated rings. The van der Waals surface area contributed by atoms with Gasteiger partial charge in [0.05, 0.1) is 10.6 Å². The highest BCUT2D eigenvalue weighted by Crippen LogP contribution is 2.13. The van der Waals surface area contributed by atoms with Crippen molar-refractivity contribution >= 4 is 15.7 Å². The second-order valence-electron chi connectivity index (χ2n) is 5.14. The molecule has 0 heterocycles. The van der Waals surface area contributed by atoms with Crippen LogP contribution in [0.5, 0.6) is 5.75 Å². The van der Waals surface area contributed by atoms with Gasteiger partial charge in [-0.3, -0.25) is 4.79 Å². The summed E-state index contributed by atoms with van der Waals surface area (Å²) >= 11 is 0. The Bertz CT molecular complexity index is 776. The molecule has 0 saturated carbocycles. The minimum atomic E-state index is -3.44. The quantitative estimate of drug-likeness (QED) is 0.830. The summed E-state index contributed by atoms with van der Waals surface area (Å²) in [6.45, 7) is 1.51. The van der Waals surface area contributed by atoms with Crippen LogP contribution in [0.2, 0.25) is 0 Å². The van der Waals surface area contributed by atoms with Crippen LogP contribution in [0, 0.1) is 5.82 Å². The van der Waals surface area contributed by atoms with Gasteiger partial charge in [-0.1, -0.05) is 18.2 Å². The van der Waals surface area contributed by atoms with Gasteiger partial charge in [0.2, 0.25) is 0 Å². The average Bonchev–Trinajstić information content (AvgIpc) is 2.57. The van der Waals surface area contributed by atoms with Crippen LogP contribution in [-0.4, -0.2) is 32.7 Å². The van der Waals surface area contributed by atoms with Gasteiger partial charge in [-0.05, 0) is 43.3 Å². The summed E-state index contributed by atoms with van der Waals surface area (Å²) in [5.41, 5.74) is 0. The lowest BCUT2D eigenvalue weighted by molar-refractivity contribution is -0.127. The van der Waals surface area contributed by atoms with Crippen molar-refractivity contribution in [2.75, 3.05) is 12.3 Å². The van der Waals surface area contributed by atoms with E-state index in [2.05, 4.69) is 5.32 Å². The standard InChI is InChI=1S/C17H18FNO4S/c1-13(23-15-9-7-14(18)8-10-15)17(20)19-11-12-24(21,22)16-5-3-2-4-6-16/h2-10,13H,11-12H2,1H3,(H,19,20). The average molecular weight is 351 g/mol. The second kappa shape index (κ2) is 7.92. The molecule has 5 nitrogen and oxygen atoms in total. The summed E-state index contributed by atoms with van der Waals surface area (Å²) in [4.78, 5) is 12.1. The van der Waals surface area contributed by atoms with E-state index < -0.39 is 27.7 Å². The molecular formula is C17H18FNO4S. The Kier molecular flexibility index (Phi) is 5.92. The molecule has 0 bridgehead atoms. The smallest absolute Gasteiger partial charge is 0.260 e. The van der Waals surface area contributed by atoms with Gasteiger partial charge in [0.25, 0.3) is 5.91 Å². The molecule has 2 aromatic carbocycles. The van der Waals surface area contributed by atoms with Crippen LogP contribution in [0.25, 0.3) is 0 Å². The van der Waals surface area contributed by atoms with E-state index in [0.717, 1.165) is 0 Å². The predicted molar refractivity (Wildman–Crippen MR) is 88.0 cm³/mol. The number of benzene rings is 2. The van der Waals surface area contributed by atoms with Crippen molar-refractivity contribution in [3.8, 4) is 5.75 Å². The molecule has 0 saturated heterocycles. The monoisotopic (exact) mass is 351 g/mol. The fraction of sp³-hybridized carbons (Fsp3) is 0.235. The van der Waals surface area contributed by atoms with Crippen LogP contribution in [0.15, 0.2) is 59.5 Å². The maximum absolute atomic E-state index is 12.8. The lowest BCUT2D eigenvalue weighted by Gasteiger charge is -2.14. The maximum Gasteiger partial charge on any atom is 0.260 e. The summed E-state index contributed by atoms with van der Waals surface area (Å²) in [6.07, 6.45) is -0.824. The molecular weight excluding hydrogens is 333 g/mol. The van der Waals surface area contributed by atoms with Crippen molar-refractivity contribution in [2.45, 2.75) is 17.9 Å². The van der Waals surface area contributed by atoms with Crippen LogP contribution < -0.4 is 10.1 Å². The number of amides is 1. The number of rotatable bonds is 7. The molecule has 0 aliphatic heterocycles. The van der Waals surface area contributed by atoms with Crippen molar-refractivity contribution in [3.05, 3.63) is 60.4 Å². The van der Waals surface area contributed by atoms with Gasteiger partial charge in [-0.15, -0.1) is 0 Å². The van der Waals surface area contributed by atoms with Crippen LogP contribution in [-0.2, 0) is 14.6 Å². The van der Waals surface area contributed by atoms with E-state index in [-0.39, 0.29) is 17.2 Å². The Hall–Kier alpha value is -2.41. The molecule has 1 unspecified atom stereocenters. The molecule has 1 N–H and O–H groups in total. The molecule has 2 aromatic rings. The Morgan fingerprint density at radius 1 is 1.12 bits per heavy atom. The van der Waals surface area contributed by atoms with Crippen molar-refractivity contribution in [3.63, 3.8) is 0 Å². The third kappa shape index (κ3) is 5.06. The van der Waals surface area contributed by atoms with Gasteiger partial charge < -0.3 is 10.1 Å². The molecule has 0 aliphatic carbocycles. The van der Waals surface area contributed by atoms with E-state index in [1.165, 1.54) is 43.3 Å². The highest BCUT2D eigenvalue weighted by molar-refractivity contribution is 7.91. The normalized spacial score (nSPS) is 12.4. The first kappa shape index (κ1) is 17.9. The molecule has 0 spiro atoms. The third-order valence-electron chi connectivity index (χ3n) is 3.27. The number of carbonyl (C=O) groups is 1. The first-order valence-corrected chi connectivity index (χ1v) is 9.01. The maximum atomic E-state index is 12.8. The largest absolute Gasteiger partial charge is 0.481 e. The minimum absolute atomic E-state index is 0.0207. The van der Waals surface area contributed by atoms with E-state index >= 15 is 0 Å². The number of carbonyl (C=O) groups excluding carboxylic acids is 1. The first-order chi connectivity index (χ1) is 11.4. The van der Waals surface area contributed by atoms with E-state index in [0.29, 0.717) is 5.75 Å². The Balaban J connectivity index is 1.83. The number of sulfone groups is 1. The zero-order valence-corrected chi connectivity index (χ0v) is 13.9. The Morgan fingerprint density at radius 3 is 2.38 bits per heavy atom. The zero-order chi connectivity index (χ0) is 17.6. The van der Waals surface area contributed by atoms with Crippen molar-refractivity contribution in [1.29, 1.82) is 0 Å². The van der Waals surface area contributed by atoms with Crippen molar-refractivity contribution in [2.24, 2.45) is 0 Å². The number of hydrogen-bond acceptors (Lipinski definition) is 4. The van der Waals surface area contributed by atoms with Gasteiger partial charge in [0, 0.05) is 6.54 Å². The molecule has 0 aliphatic rings. The number of hydrogen-bond donors (Lipinski definition) is 1. The predicted octanol–water partition coefficient (Wildman–Crippen LogP) is 2.18. The highest BCUT2D eigenvalue weighted by Gasteiger charge is 2.17. The molecule has 1 atom stereocenters. The van der Waals surface area contributed by atoms with Crippen LogP contribution in [0.3, 0.4) is 0 Å². The van der Waals surface area contributed by atoms with Gasteiger partial charge >= 0.3 is 0 Å². The molecule has 1 amide bonds. The molecule has 0 aromatic heterocycles. The lowest BCUT2D eigenvalue weighted by atomic mass is 10.3. The number of ether oxygens (including phenoxy) is 1. The van der Waals surface area contributed by atoms with E-state index in [9.17, 15) is 17.6 Å². The summed E-state index contributed by atoms with van der Waals surface area (Å²) in [5.74, 6) is -0.685. The molecule has 0 radical (unpaired) electrons. The molecule has 24 heavy (non-hydrogen) atoms. The topological polar surface area (TPSA) is 72.5 Å². The lowest BCUT2D eigenvalue weighted by Crippen LogP contribution is -2.38. The Labute approximate surface area is 140 Å². The summed E-state index contributed by atoms with van der Waals surface area (Å²) in [6, 6.07) is 13.3. The fourth-order valence-corrected chi connectivity index (χ4v) is 3.15. The first-order valence-electron chi connectivity index (χ1n) is 7.36. The van der Waals surface area contributed by atoms with Crippen LogP contribution in [0.4, 0.5) is 4.39 Å². The summed E-state index contributed by atoms with van der Waals surface area (Å²) < 4.78 is 42.4. The van der Waals surface area contributed by atoms with E-state index in [4.69, 9.17) is 4.74 Å². The van der Waals surface area contributed by atoms with E-state index in [1.807, 2.05) is 0 Å². The third-order valence-corrected chi connectivity index (χ3v) is 5.00. The van der Waals surface area contributed by atoms with Gasteiger partial charge in [0.15, 0.2) is 15.9 Å². The van der Waals surface area contributed by atoms with Crippen molar-refractivity contribution in [1.82, 2.24) is 5.32 Å². The fourth-order valence-electron chi connectivity index (χ4n) is 1.97. The van der Waals surface area contributed by atoms with Crippen LogP contribution in [0.1, 0.15) is 6.92 Å². The second-order valence-corrected chi connectivity index (χ2v) is 7.25. The van der Waals surface area contributed by atoms with Gasteiger partial charge in [0.1, 0.15) is 11.6 Å². The summed E-state index contributed by atoms with van der Waals surface area (Å²) in [5, 5.41) is 2.52. The molecule has 7 heteroatoms. The molecule has 128 valence electrons. The number of halogens is 1. The Morgan fingerprint density at radius 2 is 1.75 bits per heavy atom. The zero-order valence-electron chi connectivity index (χ0n) is 13.1. The highest BCUT2D eigenvalue weighted by atomic mass is 32.2. The van der Waals surface area contributed by atoms with Gasteiger partial charge in [-0.2, -0.15) is 0 Å². The van der Waals surface area contributed by atoms with Crippen LogP contribution >= 0.6 is 0 Å².